The Kier molecular flexibility index (Phi) is 8.53. The van der Waals surface area contributed by atoms with Gasteiger partial charge < -0.3 is 20.7 Å². The average molecular weight is 483 g/mol. The van der Waals surface area contributed by atoms with Gasteiger partial charge in [0.25, 0.3) is 0 Å². The molecule has 0 amide bonds. The fourth-order valence-corrected chi connectivity index (χ4v) is 5.92. The normalized spacial score (nSPS) is 23.0. The minimum atomic E-state index is -0.131. The highest BCUT2D eigenvalue weighted by atomic mass is 16.5. The Bertz CT molecular complexity index is 966. The molecule has 2 atom stereocenters. The summed E-state index contributed by atoms with van der Waals surface area (Å²) in [6.07, 6.45) is 4.52. The minimum absolute atomic E-state index is 0.131. The molecule has 2 aliphatic rings. The lowest BCUT2D eigenvalue weighted by Crippen LogP contribution is -2.48. The molecule has 1 aromatic heterocycles. The number of hydrogen-bond donors (Lipinski definition) is 2. The number of hydrogen-bond acceptors (Lipinski definition) is 6. The third-order valence-electron chi connectivity index (χ3n) is 7.74. The second-order valence-corrected chi connectivity index (χ2v) is 10.8. The zero-order valence-electron chi connectivity index (χ0n) is 22.5. The van der Waals surface area contributed by atoms with Gasteiger partial charge in [0.15, 0.2) is 0 Å². The number of unbranched alkanes of at least 4 members (excludes halogenated alkanes) is 1. The Hall–Kier alpha value is -1.93. The SMILES string of the molecule is CCCCC1(c2cccc(CN(C)CCN)c2)CC(N2CCOCC2)c2c(C)nn(C(C)C)c2N1. The van der Waals surface area contributed by atoms with Crippen molar-refractivity contribution in [3.63, 3.8) is 0 Å². The highest BCUT2D eigenvalue weighted by molar-refractivity contribution is 5.57. The third-order valence-corrected chi connectivity index (χ3v) is 7.74. The van der Waals surface area contributed by atoms with Crippen LogP contribution >= 0.6 is 0 Å². The molecule has 35 heavy (non-hydrogen) atoms. The molecule has 2 aliphatic heterocycles. The number of aryl methyl sites for hydroxylation is 1. The van der Waals surface area contributed by atoms with E-state index >= 15 is 0 Å². The molecule has 0 aliphatic carbocycles. The maximum atomic E-state index is 5.80. The van der Waals surface area contributed by atoms with E-state index < -0.39 is 0 Å². The van der Waals surface area contributed by atoms with Crippen LogP contribution in [0.15, 0.2) is 24.3 Å². The van der Waals surface area contributed by atoms with Crippen LogP contribution in [-0.4, -0.2) is 66.0 Å². The van der Waals surface area contributed by atoms with E-state index in [1.54, 1.807) is 0 Å². The van der Waals surface area contributed by atoms with Crippen LogP contribution in [0.4, 0.5) is 5.82 Å². The van der Waals surface area contributed by atoms with Crippen molar-refractivity contribution in [1.82, 2.24) is 19.6 Å². The van der Waals surface area contributed by atoms with Gasteiger partial charge in [0.05, 0.1) is 24.4 Å². The number of anilines is 1. The highest BCUT2D eigenvalue weighted by Gasteiger charge is 2.45. The van der Waals surface area contributed by atoms with E-state index in [9.17, 15) is 0 Å². The molecule has 1 aromatic carbocycles. The van der Waals surface area contributed by atoms with Crippen molar-refractivity contribution in [3.8, 4) is 0 Å². The van der Waals surface area contributed by atoms with Crippen molar-refractivity contribution >= 4 is 5.82 Å². The van der Waals surface area contributed by atoms with Gasteiger partial charge in [-0.3, -0.25) is 4.90 Å². The van der Waals surface area contributed by atoms with Crippen LogP contribution in [0.3, 0.4) is 0 Å². The van der Waals surface area contributed by atoms with Crippen molar-refractivity contribution in [3.05, 3.63) is 46.6 Å². The molecule has 0 bridgehead atoms. The maximum absolute atomic E-state index is 5.80. The van der Waals surface area contributed by atoms with Crippen molar-refractivity contribution in [2.24, 2.45) is 5.73 Å². The van der Waals surface area contributed by atoms with Gasteiger partial charge in [-0.15, -0.1) is 0 Å². The van der Waals surface area contributed by atoms with Crippen LogP contribution in [0.5, 0.6) is 0 Å². The van der Waals surface area contributed by atoms with E-state index in [1.165, 1.54) is 35.3 Å². The molecule has 7 heteroatoms. The maximum Gasteiger partial charge on any atom is 0.130 e. The smallest absolute Gasteiger partial charge is 0.130 e. The van der Waals surface area contributed by atoms with Crippen LogP contribution in [0, 0.1) is 6.92 Å². The van der Waals surface area contributed by atoms with E-state index in [2.05, 4.69) is 78.8 Å². The molecule has 3 heterocycles. The van der Waals surface area contributed by atoms with Crippen molar-refractivity contribution in [2.45, 2.75) is 77.5 Å². The Balaban J connectivity index is 1.79. The quantitative estimate of drug-likeness (QED) is 0.522. The molecule has 0 radical (unpaired) electrons. The minimum Gasteiger partial charge on any atom is -0.379 e. The van der Waals surface area contributed by atoms with Gasteiger partial charge in [0.1, 0.15) is 5.82 Å². The zero-order valence-corrected chi connectivity index (χ0v) is 22.5. The first kappa shape index (κ1) is 26.1. The Morgan fingerprint density at radius 3 is 2.74 bits per heavy atom. The van der Waals surface area contributed by atoms with Crippen molar-refractivity contribution in [1.29, 1.82) is 0 Å². The number of fused-ring (bicyclic) bond motifs is 1. The zero-order chi connectivity index (χ0) is 25.0. The fraction of sp³-hybridized carbons (Fsp3) is 0.679. The molecule has 2 aromatic rings. The molecular weight excluding hydrogens is 436 g/mol. The summed E-state index contributed by atoms with van der Waals surface area (Å²) in [4.78, 5) is 4.94. The number of morpholine rings is 1. The summed E-state index contributed by atoms with van der Waals surface area (Å²) >= 11 is 0. The van der Waals surface area contributed by atoms with Crippen LogP contribution in [0.25, 0.3) is 0 Å². The Morgan fingerprint density at radius 1 is 1.29 bits per heavy atom. The van der Waals surface area contributed by atoms with E-state index in [1.807, 2.05) is 0 Å². The van der Waals surface area contributed by atoms with E-state index in [4.69, 9.17) is 15.6 Å². The van der Waals surface area contributed by atoms with Gasteiger partial charge in [-0.2, -0.15) is 5.10 Å². The molecule has 4 rings (SSSR count). The van der Waals surface area contributed by atoms with Crippen molar-refractivity contribution in [2.75, 3.05) is 51.8 Å². The number of nitrogens with one attached hydrogen (secondary N) is 1. The van der Waals surface area contributed by atoms with E-state index in [-0.39, 0.29) is 5.54 Å². The standard InChI is InChI=1S/C28H46N6O/c1-6-7-11-28(24-10-8-9-23(18-24)20-32(5)13-12-29)19-25(33-14-16-35-17-15-33)26-22(4)31-34(21(2)3)27(26)30-28/h8-10,18,21,25,30H,6-7,11-17,19-20,29H2,1-5H3. The predicted octanol–water partition coefficient (Wildman–Crippen LogP) is 4.44. The largest absolute Gasteiger partial charge is 0.379 e. The summed E-state index contributed by atoms with van der Waals surface area (Å²) in [5.41, 5.74) is 10.9. The fourth-order valence-electron chi connectivity index (χ4n) is 5.92. The lowest BCUT2D eigenvalue weighted by atomic mass is 9.75. The molecule has 1 saturated heterocycles. The summed E-state index contributed by atoms with van der Waals surface area (Å²) in [7, 11) is 2.15. The Morgan fingerprint density at radius 2 is 2.06 bits per heavy atom. The molecule has 7 nitrogen and oxygen atoms in total. The first-order valence-corrected chi connectivity index (χ1v) is 13.6. The van der Waals surface area contributed by atoms with Gasteiger partial charge in [0, 0.05) is 50.4 Å². The van der Waals surface area contributed by atoms with E-state index in [0.717, 1.165) is 57.9 Å². The van der Waals surface area contributed by atoms with Gasteiger partial charge in [0.2, 0.25) is 0 Å². The first-order valence-electron chi connectivity index (χ1n) is 13.6. The summed E-state index contributed by atoms with van der Waals surface area (Å²) in [6, 6.07) is 9.89. The topological polar surface area (TPSA) is 71.6 Å². The second kappa shape index (κ2) is 11.4. The first-order chi connectivity index (χ1) is 16.9. The lowest BCUT2D eigenvalue weighted by molar-refractivity contribution is 0.00770. The van der Waals surface area contributed by atoms with Crippen LogP contribution in [0.1, 0.15) is 80.9 Å². The molecule has 2 unspecified atom stereocenters. The highest BCUT2D eigenvalue weighted by Crippen LogP contribution is 2.49. The number of benzene rings is 1. The monoisotopic (exact) mass is 482 g/mol. The second-order valence-electron chi connectivity index (χ2n) is 10.8. The molecule has 194 valence electrons. The van der Waals surface area contributed by atoms with Crippen LogP contribution in [0.2, 0.25) is 0 Å². The molecule has 1 fully saturated rings. The summed E-state index contributed by atoms with van der Waals surface area (Å²) in [6.45, 7) is 15.0. The predicted molar refractivity (Wildman–Crippen MR) is 144 cm³/mol. The molecule has 0 saturated carbocycles. The average Bonchev–Trinajstić information content (AvgIpc) is 3.19. The number of likely N-dealkylation sites (N-methyl/N-ethyl adjacent to an activating group) is 1. The van der Waals surface area contributed by atoms with E-state index in [0.29, 0.717) is 18.6 Å². The third kappa shape index (κ3) is 5.58. The van der Waals surface area contributed by atoms with Crippen molar-refractivity contribution < 1.29 is 4.74 Å². The summed E-state index contributed by atoms with van der Waals surface area (Å²) in [5, 5.41) is 9.15. The number of nitrogens with two attached hydrogens (primary N) is 1. The molecule has 3 N–H and O–H groups in total. The summed E-state index contributed by atoms with van der Waals surface area (Å²) in [5.74, 6) is 1.21. The van der Waals surface area contributed by atoms with Gasteiger partial charge >= 0.3 is 0 Å². The van der Waals surface area contributed by atoms with Crippen LogP contribution in [-0.2, 0) is 16.8 Å². The number of ether oxygens (including phenoxy) is 1. The van der Waals surface area contributed by atoms with Gasteiger partial charge in [-0.05, 0) is 51.8 Å². The number of nitrogens with zero attached hydrogens (tertiary/aromatic N) is 4. The number of aromatic nitrogens is 2. The molecular formula is C28H46N6O. The lowest BCUT2D eigenvalue weighted by Gasteiger charge is -2.47. The van der Waals surface area contributed by atoms with Gasteiger partial charge in [-0.1, -0.05) is 44.0 Å². The Labute approximate surface area is 212 Å². The number of rotatable bonds is 10. The molecule has 0 spiro atoms. The van der Waals surface area contributed by atoms with Crippen LogP contribution < -0.4 is 11.1 Å². The summed E-state index contributed by atoms with van der Waals surface area (Å²) < 4.78 is 7.95. The van der Waals surface area contributed by atoms with Gasteiger partial charge in [-0.25, -0.2) is 4.68 Å².